The number of ether oxygens (including phenoxy) is 2. The van der Waals surface area contributed by atoms with Crippen molar-refractivity contribution in [2.24, 2.45) is 5.92 Å². The third-order valence-corrected chi connectivity index (χ3v) is 7.40. The van der Waals surface area contributed by atoms with E-state index in [0.29, 0.717) is 30.5 Å². The molecule has 10 heteroatoms. The number of nitrogens with zero attached hydrogens (tertiary/aromatic N) is 3. The zero-order chi connectivity index (χ0) is 23.8. The monoisotopic (exact) mass is 479 g/mol. The van der Waals surface area contributed by atoms with Gasteiger partial charge < -0.3 is 14.8 Å². The molecule has 33 heavy (non-hydrogen) atoms. The summed E-state index contributed by atoms with van der Waals surface area (Å²) in [5.74, 6) is 1.27. The Morgan fingerprint density at radius 2 is 2.00 bits per heavy atom. The number of hydrogen-bond donors (Lipinski definition) is 2. The fourth-order valence-corrected chi connectivity index (χ4v) is 5.25. The molecule has 0 spiro atoms. The quantitative estimate of drug-likeness (QED) is 0.451. The second-order valence-electron chi connectivity index (χ2n) is 8.82. The molecule has 1 aliphatic heterocycles. The van der Waals surface area contributed by atoms with Crippen molar-refractivity contribution >= 4 is 15.8 Å². The zero-order valence-electron chi connectivity index (χ0n) is 20.1. The Hall–Kier alpha value is -2.01. The Morgan fingerprint density at radius 1 is 1.24 bits per heavy atom. The van der Waals surface area contributed by atoms with E-state index in [4.69, 9.17) is 9.47 Å². The fourth-order valence-electron chi connectivity index (χ4n) is 3.96. The van der Waals surface area contributed by atoms with Gasteiger partial charge in [-0.1, -0.05) is 0 Å². The molecule has 1 atom stereocenters. The standard InChI is InChI=1S/C23H37N5O4S/c1-17-12-23(24-8-5-9-32-16-21-6-10-31-11-7-21)25-15-22(17)33(29,30)26-14-20(4)28-19(3)13-18(2)27-28/h12-13,15,20-21,26H,5-11,14,16H2,1-4H3,(H,24,25). The Kier molecular flexibility index (Phi) is 9.25. The third kappa shape index (κ3) is 7.49. The molecule has 0 amide bonds. The second-order valence-corrected chi connectivity index (χ2v) is 10.6. The first kappa shape index (κ1) is 25.6. The van der Waals surface area contributed by atoms with Crippen molar-refractivity contribution in [3.8, 4) is 0 Å². The van der Waals surface area contributed by atoms with Crippen LogP contribution in [0.25, 0.3) is 0 Å². The van der Waals surface area contributed by atoms with Crippen LogP contribution in [-0.2, 0) is 19.5 Å². The number of pyridine rings is 1. The van der Waals surface area contributed by atoms with Gasteiger partial charge in [0.2, 0.25) is 10.0 Å². The molecule has 3 rings (SSSR count). The first-order chi connectivity index (χ1) is 15.8. The summed E-state index contributed by atoms with van der Waals surface area (Å²) in [5.41, 5.74) is 2.56. The van der Waals surface area contributed by atoms with Gasteiger partial charge in [0.05, 0.1) is 11.7 Å². The molecule has 0 bridgehead atoms. The highest BCUT2D eigenvalue weighted by Crippen LogP contribution is 2.18. The highest BCUT2D eigenvalue weighted by molar-refractivity contribution is 7.89. The molecule has 3 heterocycles. The number of anilines is 1. The first-order valence-electron chi connectivity index (χ1n) is 11.6. The van der Waals surface area contributed by atoms with Gasteiger partial charge >= 0.3 is 0 Å². The maximum atomic E-state index is 12.8. The van der Waals surface area contributed by atoms with Gasteiger partial charge in [-0.25, -0.2) is 18.1 Å². The largest absolute Gasteiger partial charge is 0.381 e. The van der Waals surface area contributed by atoms with Crippen LogP contribution in [0.4, 0.5) is 5.82 Å². The maximum absolute atomic E-state index is 12.8. The summed E-state index contributed by atoms with van der Waals surface area (Å²) in [7, 11) is -3.67. The van der Waals surface area contributed by atoms with E-state index in [1.807, 2.05) is 31.5 Å². The zero-order valence-corrected chi connectivity index (χ0v) is 21.0. The van der Waals surface area contributed by atoms with E-state index in [2.05, 4.69) is 20.1 Å². The normalized spacial score (nSPS) is 16.1. The van der Waals surface area contributed by atoms with Crippen molar-refractivity contribution in [3.63, 3.8) is 0 Å². The predicted octanol–water partition coefficient (Wildman–Crippen LogP) is 2.99. The third-order valence-electron chi connectivity index (χ3n) is 5.85. The Balaban J connectivity index is 1.44. The van der Waals surface area contributed by atoms with Gasteiger partial charge in [0, 0.05) is 51.4 Å². The van der Waals surface area contributed by atoms with Gasteiger partial charge in [-0.05, 0) is 70.6 Å². The van der Waals surface area contributed by atoms with E-state index in [0.717, 1.165) is 50.5 Å². The lowest BCUT2D eigenvalue weighted by molar-refractivity contribution is 0.0206. The predicted molar refractivity (Wildman–Crippen MR) is 128 cm³/mol. The van der Waals surface area contributed by atoms with E-state index in [9.17, 15) is 8.42 Å². The molecule has 9 nitrogen and oxygen atoms in total. The van der Waals surface area contributed by atoms with Gasteiger partial charge in [-0.15, -0.1) is 0 Å². The van der Waals surface area contributed by atoms with Crippen LogP contribution in [0, 0.1) is 26.7 Å². The molecule has 1 saturated heterocycles. The van der Waals surface area contributed by atoms with Crippen LogP contribution in [0.1, 0.15) is 49.2 Å². The highest BCUT2D eigenvalue weighted by Gasteiger charge is 2.20. The van der Waals surface area contributed by atoms with Gasteiger partial charge in [0.15, 0.2) is 0 Å². The van der Waals surface area contributed by atoms with Crippen molar-refractivity contribution in [2.45, 2.75) is 57.9 Å². The SMILES string of the molecule is Cc1cc(C)n(C(C)CNS(=O)(=O)c2cnc(NCCCOCC3CCOCC3)cc2C)n1. The van der Waals surface area contributed by atoms with E-state index < -0.39 is 10.0 Å². The van der Waals surface area contributed by atoms with Crippen molar-refractivity contribution < 1.29 is 17.9 Å². The van der Waals surface area contributed by atoms with E-state index in [1.165, 1.54) is 6.20 Å². The van der Waals surface area contributed by atoms with E-state index in [1.54, 1.807) is 13.0 Å². The Labute approximate surface area is 197 Å². The molecule has 1 unspecified atom stereocenters. The summed E-state index contributed by atoms with van der Waals surface area (Å²) in [6.07, 6.45) is 4.42. The molecule has 1 aliphatic rings. The molecule has 2 N–H and O–H groups in total. The molecule has 184 valence electrons. The van der Waals surface area contributed by atoms with Gasteiger partial charge in [-0.2, -0.15) is 5.10 Å². The smallest absolute Gasteiger partial charge is 0.242 e. The number of aryl methyl sites for hydroxylation is 3. The molecular weight excluding hydrogens is 442 g/mol. The van der Waals surface area contributed by atoms with Gasteiger partial charge in [0.1, 0.15) is 10.7 Å². The molecule has 1 fully saturated rings. The lowest BCUT2D eigenvalue weighted by Gasteiger charge is -2.21. The average Bonchev–Trinajstić information content (AvgIpc) is 3.13. The van der Waals surface area contributed by atoms with Gasteiger partial charge in [0.25, 0.3) is 0 Å². The van der Waals surface area contributed by atoms with Gasteiger partial charge in [-0.3, -0.25) is 4.68 Å². The minimum atomic E-state index is -3.67. The molecular formula is C23H37N5O4S. The topological polar surface area (TPSA) is 107 Å². The van der Waals surface area contributed by atoms with E-state index >= 15 is 0 Å². The number of rotatable bonds is 12. The molecule has 0 radical (unpaired) electrons. The molecule has 0 saturated carbocycles. The minimum Gasteiger partial charge on any atom is -0.381 e. The maximum Gasteiger partial charge on any atom is 0.242 e. The fraction of sp³-hybridized carbons (Fsp3) is 0.652. The molecule has 2 aromatic heterocycles. The Bertz CT molecular complexity index is 1000. The van der Waals surface area contributed by atoms with Crippen LogP contribution >= 0.6 is 0 Å². The Morgan fingerprint density at radius 3 is 2.67 bits per heavy atom. The first-order valence-corrected chi connectivity index (χ1v) is 13.1. The summed E-state index contributed by atoms with van der Waals surface area (Å²) in [6.45, 7) is 11.7. The minimum absolute atomic E-state index is 0.101. The number of aromatic nitrogens is 3. The van der Waals surface area contributed by atoms with Crippen molar-refractivity contribution in [3.05, 3.63) is 35.3 Å². The summed E-state index contributed by atoms with van der Waals surface area (Å²) in [4.78, 5) is 4.49. The summed E-state index contributed by atoms with van der Waals surface area (Å²) in [6, 6.07) is 3.64. The van der Waals surface area contributed by atoms with Crippen LogP contribution in [0.5, 0.6) is 0 Å². The lowest BCUT2D eigenvalue weighted by Crippen LogP contribution is -2.31. The number of hydrogen-bond acceptors (Lipinski definition) is 7. The number of nitrogens with one attached hydrogen (secondary N) is 2. The van der Waals surface area contributed by atoms with Crippen LogP contribution < -0.4 is 10.0 Å². The summed E-state index contributed by atoms with van der Waals surface area (Å²) >= 11 is 0. The summed E-state index contributed by atoms with van der Waals surface area (Å²) in [5, 5.41) is 7.68. The number of sulfonamides is 1. The average molecular weight is 480 g/mol. The second kappa shape index (κ2) is 11.9. The van der Waals surface area contributed by atoms with Crippen molar-refractivity contribution in [1.82, 2.24) is 19.5 Å². The van der Waals surface area contributed by atoms with Crippen LogP contribution in [0.15, 0.2) is 23.2 Å². The lowest BCUT2D eigenvalue weighted by atomic mass is 10.0. The molecule has 0 aromatic carbocycles. The van der Waals surface area contributed by atoms with Crippen LogP contribution in [0.3, 0.4) is 0 Å². The van der Waals surface area contributed by atoms with Crippen LogP contribution in [-0.4, -0.2) is 62.7 Å². The summed E-state index contributed by atoms with van der Waals surface area (Å²) < 4.78 is 41.3. The van der Waals surface area contributed by atoms with E-state index in [-0.39, 0.29) is 17.5 Å². The molecule has 2 aromatic rings. The van der Waals surface area contributed by atoms with Crippen molar-refractivity contribution in [2.75, 3.05) is 44.8 Å². The highest BCUT2D eigenvalue weighted by atomic mass is 32.2. The molecule has 0 aliphatic carbocycles. The van der Waals surface area contributed by atoms with Crippen molar-refractivity contribution in [1.29, 1.82) is 0 Å². The van der Waals surface area contributed by atoms with Crippen LogP contribution in [0.2, 0.25) is 0 Å².